The van der Waals surface area contributed by atoms with Gasteiger partial charge in [-0.05, 0) is 6.42 Å². The summed E-state index contributed by atoms with van der Waals surface area (Å²) in [5.41, 5.74) is 5.39. The van der Waals surface area contributed by atoms with Gasteiger partial charge in [-0.1, -0.05) is 12.2 Å². The molecule has 1 unspecified atom stereocenters. The van der Waals surface area contributed by atoms with Crippen LogP contribution in [0.15, 0.2) is 25.3 Å². The Bertz CT molecular complexity index is 70.9. The molecule has 0 aromatic heterocycles. The van der Waals surface area contributed by atoms with Gasteiger partial charge >= 0.3 is 0 Å². The molecular weight excluding hydrogens is 122 g/mol. The monoisotopic (exact) mass is 133 g/mol. The minimum absolute atomic E-state index is 0. The number of rotatable bonds is 3. The fourth-order valence-corrected chi connectivity index (χ4v) is 0.289. The molecule has 2 N–H and O–H groups in total. The van der Waals surface area contributed by atoms with Crippen molar-refractivity contribution in [3.8, 4) is 0 Å². The predicted octanol–water partition coefficient (Wildman–Crippen LogP) is 1.50. The van der Waals surface area contributed by atoms with E-state index in [-0.39, 0.29) is 18.4 Å². The lowest BCUT2D eigenvalue weighted by Crippen LogP contribution is -2.14. The molecule has 1 nitrogen and oxygen atoms in total. The van der Waals surface area contributed by atoms with Crippen LogP contribution in [-0.4, -0.2) is 6.04 Å². The van der Waals surface area contributed by atoms with Crippen LogP contribution in [0, 0.1) is 0 Å². The molecule has 0 aliphatic rings. The Morgan fingerprint density at radius 1 is 1.50 bits per heavy atom. The second-order valence-corrected chi connectivity index (χ2v) is 1.42. The lowest BCUT2D eigenvalue weighted by Gasteiger charge is -1.96. The molecule has 0 radical (unpaired) electrons. The summed E-state index contributed by atoms with van der Waals surface area (Å²) in [5.74, 6) is 0. The van der Waals surface area contributed by atoms with Crippen molar-refractivity contribution in [3.05, 3.63) is 25.3 Å². The predicted molar refractivity (Wildman–Crippen MR) is 40.2 cm³/mol. The summed E-state index contributed by atoms with van der Waals surface area (Å²) >= 11 is 0. The van der Waals surface area contributed by atoms with Gasteiger partial charge in [0.2, 0.25) is 0 Å². The second-order valence-electron chi connectivity index (χ2n) is 1.42. The zero-order valence-electron chi connectivity index (χ0n) is 4.84. The molecule has 0 fully saturated rings. The van der Waals surface area contributed by atoms with Crippen LogP contribution in [0.5, 0.6) is 0 Å². The summed E-state index contributed by atoms with van der Waals surface area (Å²) in [6.45, 7) is 7.03. The molecule has 0 spiro atoms. The van der Waals surface area contributed by atoms with E-state index in [1.165, 1.54) is 0 Å². The van der Waals surface area contributed by atoms with E-state index >= 15 is 0 Å². The van der Waals surface area contributed by atoms with Crippen LogP contribution < -0.4 is 5.73 Å². The van der Waals surface area contributed by atoms with Crippen LogP contribution in [0.1, 0.15) is 6.42 Å². The molecule has 0 aliphatic heterocycles. The van der Waals surface area contributed by atoms with E-state index in [0.29, 0.717) is 0 Å². The first-order valence-corrected chi connectivity index (χ1v) is 2.30. The van der Waals surface area contributed by atoms with Gasteiger partial charge in [-0.3, -0.25) is 0 Å². The van der Waals surface area contributed by atoms with Gasteiger partial charge in [-0.25, -0.2) is 0 Å². The van der Waals surface area contributed by atoms with Crippen molar-refractivity contribution in [2.45, 2.75) is 12.5 Å². The smallest absolute Gasteiger partial charge is 0.0256 e. The normalized spacial score (nSPS) is 11.1. The molecule has 0 rings (SSSR count). The van der Waals surface area contributed by atoms with Gasteiger partial charge in [0, 0.05) is 6.04 Å². The van der Waals surface area contributed by atoms with Crippen molar-refractivity contribution in [2.24, 2.45) is 5.73 Å². The Balaban J connectivity index is 0. The van der Waals surface area contributed by atoms with Crippen LogP contribution >= 0.6 is 12.4 Å². The maximum atomic E-state index is 5.39. The van der Waals surface area contributed by atoms with Gasteiger partial charge in [0.1, 0.15) is 0 Å². The number of nitrogens with two attached hydrogens (primary N) is 1. The molecule has 8 heavy (non-hydrogen) atoms. The minimum Gasteiger partial charge on any atom is -0.324 e. The summed E-state index contributed by atoms with van der Waals surface area (Å²) in [5, 5.41) is 0. The molecule has 1 atom stereocenters. The van der Waals surface area contributed by atoms with E-state index in [1.807, 2.05) is 0 Å². The molecule has 0 aliphatic carbocycles. The molecule has 2 heteroatoms. The third-order valence-corrected chi connectivity index (χ3v) is 0.742. The van der Waals surface area contributed by atoms with Crippen LogP contribution in [0.25, 0.3) is 0 Å². The van der Waals surface area contributed by atoms with Crippen LogP contribution in [0.4, 0.5) is 0 Å². The van der Waals surface area contributed by atoms with Crippen molar-refractivity contribution in [2.75, 3.05) is 0 Å². The average molecular weight is 134 g/mol. The first-order chi connectivity index (χ1) is 3.31. The molecule has 0 saturated heterocycles. The maximum absolute atomic E-state index is 5.39. The Labute approximate surface area is 56.7 Å². The minimum atomic E-state index is 0. The molecule has 0 saturated carbocycles. The molecule has 0 amide bonds. The summed E-state index contributed by atoms with van der Waals surface area (Å²) in [7, 11) is 0. The van der Waals surface area contributed by atoms with Crippen molar-refractivity contribution in [3.63, 3.8) is 0 Å². The Hall–Kier alpha value is -0.270. The average Bonchev–Trinajstić information content (AvgIpc) is 1.68. The van der Waals surface area contributed by atoms with Gasteiger partial charge in [0.05, 0.1) is 0 Å². The van der Waals surface area contributed by atoms with Crippen molar-refractivity contribution in [1.29, 1.82) is 0 Å². The Morgan fingerprint density at radius 3 is 2.12 bits per heavy atom. The Kier molecular flexibility index (Phi) is 8.97. The maximum Gasteiger partial charge on any atom is 0.0256 e. The standard InChI is InChI=1S/C6H11N.ClH/c1-3-5-6(7)4-2;/h3-4,6H,1-2,5,7H2;1H. The third-order valence-electron chi connectivity index (χ3n) is 0.742. The van der Waals surface area contributed by atoms with Crippen LogP contribution in [0.2, 0.25) is 0 Å². The zero-order chi connectivity index (χ0) is 5.70. The topological polar surface area (TPSA) is 26.0 Å². The quantitative estimate of drug-likeness (QED) is 0.581. The number of hydrogen-bond donors (Lipinski definition) is 1. The highest BCUT2D eigenvalue weighted by Gasteiger charge is 1.86. The highest BCUT2D eigenvalue weighted by Crippen LogP contribution is 1.86. The Morgan fingerprint density at radius 2 is 2.00 bits per heavy atom. The fourth-order valence-electron chi connectivity index (χ4n) is 0.289. The highest BCUT2D eigenvalue weighted by molar-refractivity contribution is 5.85. The van der Waals surface area contributed by atoms with E-state index in [9.17, 15) is 0 Å². The SMILES string of the molecule is C=CCC(N)C=C.Cl. The first kappa shape index (κ1) is 10.7. The van der Waals surface area contributed by atoms with E-state index in [4.69, 9.17) is 5.73 Å². The summed E-state index contributed by atoms with van der Waals surface area (Å²) < 4.78 is 0. The molecule has 0 bridgehead atoms. The van der Waals surface area contributed by atoms with Crippen LogP contribution in [0.3, 0.4) is 0 Å². The molecule has 48 valence electrons. The summed E-state index contributed by atoms with van der Waals surface area (Å²) in [6.07, 6.45) is 4.32. The van der Waals surface area contributed by atoms with E-state index in [1.54, 1.807) is 12.2 Å². The van der Waals surface area contributed by atoms with Crippen molar-refractivity contribution in [1.82, 2.24) is 0 Å². The molecule has 0 aromatic rings. The van der Waals surface area contributed by atoms with Gasteiger partial charge in [-0.15, -0.1) is 25.6 Å². The number of hydrogen-bond acceptors (Lipinski definition) is 1. The van der Waals surface area contributed by atoms with Gasteiger partial charge in [0.25, 0.3) is 0 Å². The second kappa shape index (κ2) is 6.73. The molecular formula is C6H12ClN. The highest BCUT2D eigenvalue weighted by atomic mass is 35.5. The summed E-state index contributed by atoms with van der Waals surface area (Å²) in [4.78, 5) is 0. The van der Waals surface area contributed by atoms with Gasteiger partial charge in [0.15, 0.2) is 0 Å². The fraction of sp³-hybridized carbons (Fsp3) is 0.333. The van der Waals surface area contributed by atoms with Gasteiger partial charge in [-0.2, -0.15) is 0 Å². The molecule has 0 heterocycles. The largest absolute Gasteiger partial charge is 0.324 e. The zero-order valence-corrected chi connectivity index (χ0v) is 5.66. The summed E-state index contributed by atoms with van der Waals surface area (Å²) in [6, 6.07) is 0.0949. The van der Waals surface area contributed by atoms with Gasteiger partial charge < -0.3 is 5.73 Å². The van der Waals surface area contributed by atoms with Crippen molar-refractivity contribution < 1.29 is 0 Å². The lowest BCUT2D eigenvalue weighted by molar-refractivity contribution is 0.838. The van der Waals surface area contributed by atoms with E-state index < -0.39 is 0 Å². The number of halogens is 1. The van der Waals surface area contributed by atoms with E-state index in [0.717, 1.165) is 6.42 Å². The van der Waals surface area contributed by atoms with E-state index in [2.05, 4.69) is 13.2 Å². The third kappa shape index (κ3) is 5.73. The first-order valence-electron chi connectivity index (χ1n) is 2.30. The van der Waals surface area contributed by atoms with Crippen molar-refractivity contribution >= 4 is 12.4 Å². The van der Waals surface area contributed by atoms with Crippen LogP contribution in [-0.2, 0) is 0 Å². The molecule has 0 aromatic carbocycles. The lowest BCUT2D eigenvalue weighted by atomic mass is 10.2.